The van der Waals surface area contributed by atoms with E-state index in [-0.39, 0.29) is 6.04 Å². The number of aromatic nitrogens is 2. The summed E-state index contributed by atoms with van der Waals surface area (Å²) in [5, 5.41) is 10.0. The van der Waals surface area contributed by atoms with Gasteiger partial charge in [0.25, 0.3) is 0 Å². The van der Waals surface area contributed by atoms with Crippen molar-refractivity contribution in [3.05, 3.63) is 35.5 Å². The van der Waals surface area contributed by atoms with Crippen molar-refractivity contribution in [3.8, 4) is 0 Å². The van der Waals surface area contributed by atoms with Crippen LogP contribution in [0, 0.1) is 6.92 Å². The average molecular weight is 332 g/mol. The van der Waals surface area contributed by atoms with E-state index in [1.165, 1.54) is 0 Å². The molecule has 0 bridgehead atoms. The number of amides is 1. The van der Waals surface area contributed by atoms with Gasteiger partial charge >= 0.3 is 6.09 Å². The number of nitrogens with one attached hydrogen (secondary N) is 2. The summed E-state index contributed by atoms with van der Waals surface area (Å²) in [4.78, 5) is 16.0. The molecule has 2 aromatic rings. The first-order valence-electron chi connectivity index (χ1n) is 8.17. The molecule has 7 heteroatoms. The van der Waals surface area contributed by atoms with E-state index in [4.69, 9.17) is 9.26 Å². The van der Waals surface area contributed by atoms with Crippen LogP contribution in [-0.2, 0) is 11.2 Å². The number of carbonyl (C=O) groups is 1. The molecule has 130 valence electrons. The van der Waals surface area contributed by atoms with Gasteiger partial charge in [-0.15, -0.1) is 0 Å². The molecule has 1 heterocycles. The minimum absolute atomic E-state index is 0.139. The number of rotatable bonds is 7. The summed E-state index contributed by atoms with van der Waals surface area (Å²) in [7, 11) is 0. The van der Waals surface area contributed by atoms with Crippen LogP contribution in [0.2, 0.25) is 0 Å². The molecule has 0 unspecified atom stereocenters. The van der Waals surface area contributed by atoms with Crippen molar-refractivity contribution in [2.45, 2.75) is 46.6 Å². The molecule has 1 atom stereocenters. The Hall–Kier alpha value is -2.57. The Kier molecular flexibility index (Phi) is 6.17. The molecule has 24 heavy (non-hydrogen) atoms. The number of ether oxygens (including phenoxy) is 1. The van der Waals surface area contributed by atoms with Crippen molar-refractivity contribution in [2.24, 2.45) is 0 Å². The van der Waals surface area contributed by atoms with E-state index < -0.39 is 6.09 Å². The summed E-state index contributed by atoms with van der Waals surface area (Å²) in [5.74, 6) is 1.26. The lowest BCUT2D eigenvalue weighted by atomic mass is 10.1. The number of carbonyl (C=O) groups excluding carboxylic acids is 1. The minimum atomic E-state index is -0.466. The Labute approximate surface area is 141 Å². The third-order valence-corrected chi connectivity index (χ3v) is 3.55. The fourth-order valence-electron chi connectivity index (χ4n) is 2.27. The number of aryl methyl sites for hydroxylation is 1. The largest absolute Gasteiger partial charge is 0.450 e. The molecule has 0 aliphatic carbocycles. The predicted octanol–water partition coefficient (Wildman–Crippen LogP) is 4.07. The van der Waals surface area contributed by atoms with Crippen molar-refractivity contribution in [1.82, 2.24) is 10.1 Å². The van der Waals surface area contributed by atoms with Crippen LogP contribution in [0.3, 0.4) is 0 Å². The second kappa shape index (κ2) is 8.33. The molecule has 0 aliphatic heterocycles. The zero-order chi connectivity index (χ0) is 17.5. The van der Waals surface area contributed by atoms with Gasteiger partial charge in [0.1, 0.15) is 6.04 Å². The van der Waals surface area contributed by atoms with Crippen LogP contribution in [0.25, 0.3) is 0 Å². The van der Waals surface area contributed by atoms with Crippen LogP contribution >= 0.6 is 0 Å². The molecule has 0 aliphatic rings. The second-order valence-corrected chi connectivity index (χ2v) is 5.49. The topological polar surface area (TPSA) is 89.3 Å². The minimum Gasteiger partial charge on any atom is -0.450 e. The van der Waals surface area contributed by atoms with E-state index >= 15 is 0 Å². The van der Waals surface area contributed by atoms with Crippen LogP contribution in [0.4, 0.5) is 16.2 Å². The van der Waals surface area contributed by atoms with Gasteiger partial charge in [0.05, 0.1) is 6.61 Å². The molecule has 0 spiro atoms. The first kappa shape index (κ1) is 17.8. The van der Waals surface area contributed by atoms with E-state index in [2.05, 4.69) is 27.7 Å². The maximum Gasteiger partial charge on any atom is 0.411 e. The van der Waals surface area contributed by atoms with Crippen molar-refractivity contribution in [1.29, 1.82) is 0 Å². The van der Waals surface area contributed by atoms with Gasteiger partial charge in [-0.05, 0) is 44.9 Å². The van der Waals surface area contributed by atoms with Gasteiger partial charge in [-0.3, -0.25) is 5.32 Å². The molecule has 7 nitrogen and oxygen atoms in total. The van der Waals surface area contributed by atoms with Gasteiger partial charge in [-0.25, -0.2) is 4.79 Å². The van der Waals surface area contributed by atoms with E-state index in [0.29, 0.717) is 18.2 Å². The molecular weight excluding hydrogens is 308 g/mol. The summed E-state index contributed by atoms with van der Waals surface area (Å²) < 4.78 is 10.2. The van der Waals surface area contributed by atoms with Crippen molar-refractivity contribution in [3.63, 3.8) is 0 Å². The smallest absolute Gasteiger partial charge is 0.411 e. The number of anilines is 2. The molecule has 0 radical (unpaired) electrons. The maximum absolute atomic E-state index is 11.6. The summed E-state index contributed by atoms with van der Waals surface area (Å²) in [6.07, 6.45) is 1.31. The molecule has 1 aromatic heterocycles. The predicted molar refractivity (Wildman–Crippen MR) is 92.2 cm³/mol. The van der Waals surface area contributed by atoms with Crippen LogP contribution in [0.5, 0.6) is 0 Å². The monoisotopic (exact) mass is 332 g/mol. The molecule has 0 fully saturated rings. The van der Waals surface area contributed by atoms with Crippen molar-refractivity contribution >= 4 is 17.5 Å². The number of hydrogen-bond donors (Lipinski definition) is 2. The Morgan fingerprint density at radius 1 is 1.33 bits per heavy atom. The quantitative estimate of drug-likeness (QED) is 0.794. The highest BCUT2D eigenvalue weighted by Gasteiger charge is 2.16. The Balaban J connectivity index is 2.09. The van der Waals surface area contributed by atoms with Gasteiger partial charge < -0.3 is 14.6 Å². The highest BCUT2D eigenvalue weighted by atomic mass is 16.5. The third kappa shape index (κ3) is 4.47. The SMILES string of the molecule is CCCc1noc([C@H](C)Nc2cccc(NC(=O)OCC)c2C)n1. The molecule has 2 N–H and O–H groups in total. The van der Waals surface area contributed by atoms with E-state index in [1.807, 2.05) is 32.0 Å². The standard InChI is InChI=1S/C17H24N4O3/c1-5-8-15-20-16(24-21-15)12(4)18-13-9-7-10-14(11(13)3)19-17(22)23-6-2/h7,9-10,12,18H,5-6,8H2,1-4H3,(H,19,22)/t12-/m0/s1. The fraction of sp³-hybridized carbons (Fsp3) is 0.471. The van der Waals surface area contributed by atoms with Crippen LogP contribution in [0.15, 0.2) is 22.7 Å². The fourth-order valence-corrected chi connectivity index (χ4v) is 2.27. The van der Waals surface area contributed by atoms with Crippen LogP contribution in [-0.4, -0.2) is 22.8 Å². The lowest BCUT2D eigenvalue weighted by Gasteiger charge is -2.16. The van der Waals surface area contributed by atoms with Crippen molar-refractivity contribution < 1.29 is 14.1 Å². The highest BCUT2D eigenvalue weighted by Crippen LogP contribution is 2.27. The van der Waals surface area contributed by atoms with E-state index in [9.17, 15) is 4.79 Å². The molecule has 0 saturated carbocycles. The molecule has 1 aromatic carbocycles. The van der Waals surface area contributed by atoms with Gasteiger partial charge in [-0.1, -0.05) is 18.1 Å². The number of benzene rings is 1. The molecule has 2 rings (SSSR count). The van der Waals surface area contributed by atoms with E-state index in [1.54, 1.807) is 6.92 Å². The summed E-state index contributed by atoms with van der Waals surface area (Å²) in [6, 6.07) is 5.49. The lowest BCUT2D eigenvalue weighted by Crippen LogP contribution is -2.15. The average Bonchev–Trinajstić information content (AvgIpc) is 3.00. The number of nitrogens with zero attached hydrogens (tertiary/aromatic N) is 2. The normalized spacial score (nSPS) is 11.8. The van der Waals surface area contributed by atoms with Crippen LogP contribution < -0.4 is 10.6 Å². The second-order valence-electron chi connectivity index (χ2n) is 5.49. The van der Waals surface area contributed by atoms with Crippen molar-refractivity contribution in [2.75, 3.05) is 17.2 Å². The summed E-state index contributed by atoms with van der Waals surface area (Å²) >= 11 is 0. The Morgan fingerprint density at radius 2 is 2.08 bits per heavy atom. The Bertz CT molecular complexity index is 684. The number of hydrogen-bond acceptors (Lipinski definition) is 6. The van der Waals surface area contributed by atoms with Gasteiger partial charge in [0.2, 0.25) is 5.89 Å². The summed E-state index contributed by atoms with van der Waals surface area (Å²) in [6.45, 7) is 8.05. The maximum atomic E-state index is 11.6. The van der Waals surface area contributed by atoms with E-state index in [0.717, 1.165) is 29.9 Å². The van der Waals surface area contributed by atoms with Gasteiger partial charge in [0.15, 0.2) is 5.82 Å². The summed E-state index contributed by atoms with van der Waals surface area (Å²) in [5.41, 5.74) is 2.49. The van der Waals surface area contributed by atoms with Gasteiger partial charge in [0, 0.05) is 17.8 Å². The first-order chi connectivity index (χ1) is 11.5. The zero-order valence-electron chi connectivity index (χ0n) is 14.5. The highest BCUT2D eigenvalue weighted by molar-refractivity contribution is 5.87. The molecular formula is C17H24N4O3. The third-order valence-electron chi connectivity index (χ3n) is 3.55. The first-order valence-corrected chi connectivity index (χ1v) is 8.17. The van der Waals surface area contributed by atoms with Gasteiger partial charge in [-0.2, -0.15) is 4.98 Å². The molecule has 0 saturated heterocycles. The molecule has 1 amide bonds. The zero-order valence-corrected chi connectivity index (χ0v) is 14.5. The lowest BCUT2D eigenvalue weighted by molar-refractivity contribution is 0.168. The Morgan fingerprint density at radius 3 is 2.79 bits per heavy atom. The van der Waals surface area contributed by atoms with Crippen LogP contribution in [0.1, 0.15) is 50.5 Å².